The maximum Gasteiger partial charge on any atom is 0.233 e. The van der Waals surface area contributed by atoms with Crippen LogP contribution in [0.3, 0.4) is 0 Å². The Morgan fingerprint density at radius 3 is 2.83 bits per heavy atom. The van der Waals surface area contributed by atoms with Gasteiger partial charge in [-0.3, -0.25) is 9.36 Å². The molecule has 0 spiro atoms. The van der Waals surface area contributed by atoms with E-state index >= 15 is 0 Å². The number of hydrogen-bond donors (Lipinski definition) is 0. The fourth-order valence-electron chi connectivity index (χ4n) is 2.16. The van der Waals surface area contributed by atoms with Crippen LogP contribution >= 0.6 is 23.4 Å². The predicted molar refractivity (Wildman–Crippen MR) is 94.5 cm³/mol. The van der Waals surface area contributed by atoms with Gasteiger partial charge in [0.15, 0.2) is 5.16 Å². The van der Waals surface area contributed by atoms with Crippen molar-refractivity contribution >= 4 is 29.3 Å². The summed E-state index contributed by atoms with van der Waals surface area (Å²) in [6.07, 6.45) is 5.18. The first-order chi connectivity index (χ1) is 11.6. The molecule has 1 amide bonds. The van der Waals surface area contributed by atoms with Crippen molar-refractivity contribution < 1.29 is 9.21 Å². The van der Waals surface area contributed by atoms with Crippen molar-refractivity contribution in [3.05, 3.63) is 65.8 Å². The third-order valence-electron chi connectivity index (χ3n) is 3.44. The Kier molecular flexibility index (Phi) is 5.27. The molecule has 0 N–H and O–H groups in total. The van der Waals surface area contributed by atoms with E-state index in [0.717, 1.165) is 16.6 Å². The minimum Gasteiger partial charge on any atom is -0.467 e. The topological polar surface area (TPSA) is 51.3 Å². The monoisotopic (exact) mass is 361 g/mol. The van der Waals surface area contributed by atoms with E-state index in [9.17, 15) is 4.79 Å². The van der Waals surface area contributed by atoms with Crippen molar-refractivity contribution in [2.24, 2.45) is 0 Å². The predicted octanol–water partition coefficient (Wildman–Crippen LogP) is 3.87. The largest absolute Gasteiger partial charge is 0.467 e. The second-order valence-electron chi connectivity index (χ2n) is 5.17. The number of rotatable bonds is 6. The second kappa shape index (κ2) is 7.59. The fourth-order valence-corrected chi connectivity index (χ4v) is 3.20. The molecule has 0 aliphatic heterocycles. The van der Waals surface area contributed by atoms with Gasteiger partial charge in [-0.25, -0.2) is 4.98 Å². The van der Waals surface area contributed by atoms with E-state index in [2.05, 4.69) is 4.98 Å². The van der Waals surface area contributed by atoms with E-state index in [0.29, 0.717) is 17.3 Å². The number of halogens is 1. The van der Waals surface area contributed by atoms with E-state index in [4.69, 9.17) is 16.0 Å². The summed E-state index contributed by atoms with van der Waals surface area (Å²) in [4.78, 5) is 18.2. The molecule has 2 aromatic heterocycles. The molecule has 24 heavy (non-hydrogen) atoms. The van der Waals surface area contributed by atoms with Crippen molar-refractivity contribution in [1.82, 2.24) is 14.5 Å². The Hall–Kier alpha value is -2.18. The number of imidazole rings is 1. The third kappa shape index (κ3) is 4.01. The molecule has 124 valence electrons. The zero-order valence-corrected chi connectivity index (χ0v) is 14.6. The van der Waals surface area contributed by atoms with Gasteiger partial charge in [0, 0.05) is 30.2 Å². The molecule has 7 heteroatoms. The summed E-state index contributed by atoms with van der Waals surface area (Å²) >= 11 is 7.32. The molecule has 0 atom stereocenters. The number of aromatic nitrogens is 2. The van der Waals surface area contributed by atoms with Gasteiger partial charge in [0.25, 0.3) is 0 Å². The Morgan fingerprint density at radius 2 is 2.12 bits per heavy atom. The van der Waals surface area contributed by atoms with Crippen LogP contribution in [0.25, 0.3) is 5.69 Å². The normalized spacial score (nSPS) is 10.8. The minimum atomic E-state index is 0.0158. The van der Waals surface area contributed by atoms with E-state index in [-0.39, 0.29) is 5.91 Å². The molecule has 0 unspecified atom stereocenters. The van der Waals surface area contributed by atoms with Gasteiger partial charge in [0.2, 0.25) is 5.91 Å². The Balaban J connectivity index is 1.62. The first-order valence-electron chi connectivity index (χ1n) is 7.32. The molecule has 3 rings (SSSR count). The van der Waals surface area contributed by atoms with Crippen LogP contribution in [0.4, 0.5) is 0 Å². The van der Waals surface area contributed by atoms with Gasteiger partial charge in [-0.15, -0.1) is 0 Å². The minimum absolute atomic E-state index is 0.0158. The van der Waals surface area contributed by atoms with Gasteiger partial charge in [-0.1, -0.05) is 23.4 Å². The van der Waals surface area contributed by atoms with Crippen LogP contribution in [-0.2, 0) is 11.3 Å². The molecule has 3 aromatic rings. The lowest BCUT2D eigenvalue weighted by Crippen LogP contribution is -2.27. The molecule has 0 aliphatic rings. The van der Waals surface area contributed by atoms with Crippen LogP contribution in [0.15, 0.2) is 64.6 Å². The summed E-state index contributed by atoms with van der Waals surface area (Å²) in [5, 5.41) is 1.44. The van der Waals surface area contributed by atoms with Gasteiger partial charge in [0.1, 0.15) is 5.76 Å². The van der Waals surface area contributed by atoms with Crippen LogP contribution in [0.5, 0.6) is 0 Å². The third-order valence-corrected chi connectivity index (χ3v) is 4.64. The highest BCUT2D eigenvalue weighted by Gasteiger charge is 2.13. The van der Waals surface area contributed by atoms with Crippen molar-refractivity contribution in [3.63, 3.8) is 0 Å². The summed E-state index contributed by atoms with van der Waals surface area (Å²) in [5.74, 6) is 1.09. The zero-order valence-electron chi connectivity index (χ0n) is 13.1. The lowest BCUT2D eigenvalue weighted by atomic mass is 10.3. The Bertz CT molecular complexity index is 800. The number of carbonyl (C=O) groups excluding carboxylic acids is 1. The molecule has 2 heterocycles. The Labute approximate surface area is 149 Å². The van der Waals surface area contributed by atoms with E-state index < -0.39 is 0 Å². The highest BCUT2D eigenvalue weighted by atomic mass is 35.5. The number of furan rings is 1. The number of carbonyl (C=O) groups is 1. The molecule has 0 saturated heterocycles. The molecular formula is C17H16ClN3O2S. The molecular weight excluding hydrogens is 346 g/mol. The van der Waals surface area contributed by atoms with Crippen LogP contribution in [0.2, 0.25) is 5.02 Å². The van der Waals surface area contributed by atoms with Gasteiger partial charge >= 0.3 is 0 Å². The average Bonchev–Trinajstić information content (AvgIpc) is 3.25. The molecule has 0 bridgehead atoms. The molecule has 0 radical (unpaired) electrons. The first-order valence-corrected chi connectivity index (χ1v) is 8.68. The molecule has 0 saturated carbocycles. The molecule has 5 nitrogen and oxygen atoms in total. The first kappa shape index (κ1) is 16.7. The average molecular weight is 362 g/mol. The molecule has 0 fully saturated rings. The zero-order chi connectivity index (χ0) is 16.9. The Morgan fingerprint density at radius 1 is 1.33 bits per heavy atom. The van der Waals surface area contributed by atoms with E-state index in [1.165, 1.54) is 11.8 Å². The number of benzene rings is 1. The summed E-state index contributed by atoms with van der Waals surface area (Å²) in [6, 6.07) is 11.1. The van der Waals surface area contributed by atoms with Crippen molar-refractivity contribution in [3.8, 4) is 5.69 Å². The van der Waals surface area contributed by atoms with Crippen LogP contribution in [0, 0.1) is 0 Å². The van der Waals surface area contributed by atoms with Crippen molar-refractivity contribution in [2.45, 2.75) is 11.7 Å². The summed E-state index contributed by atoms with van der Waals surface area (Å²) < 4.78 is 7.19. The van der Waals surface area contributed by atoms with Gasteiger partial charge < -0.3 is 9.32 Å². The lowest BCUT2D eigenvalue weighted by Gasteiger charge is -2.15. The van der Waals surface area contributed by atoms with Gasteiger partial charge in [-0.2, -0.15) is 0 Å². The molecule has 1 aromatic carbocycles. The number of nitrogens with zero attached hydrogens (tertiary/aromatic N) is 3. The van der Waals surface area contributed by atoms with E-state index in [1.807, 2.05) is 47.2 Å². The second-order valence-corrected chi connectivity index (χ2v) is 6.55. The fraction of sp³-hybridized carbons (Fsp3) is 0.176. The SMILES string of the molecule is CN(Cc1ccco1)C(=O)CSc1nccn1-c1ccc(Cl)cc1. The molecule has 0 aliphatic carbocycles. The maximum atomic E-state index is 12.3. The lowest BCUT2D eigenvalue weighted by molar-refractivity contribution is -0.127. The number of thioether (sulfide) groups is 1. The van der Waals surface area contributed by atoms with E-state index in [1.54, 1.807) is 24.4 Å². The van der Waals surface area contributed by atoms with Gasteiger partial charge in [-0.05, 0) is 36.4 Å². The summed E-state index contributed by atoms with van der Waals surface area (Å²) in [7, 11) is 1.76. The number of hydrogen-bond acceptors (Lipinski definition) is 4. The highest BCUT2D eigenvalue weighted by molar-refractivity contribution is 7.99. The number of amides is 1. The standard InChI is InChI=1S/C17H16ClN3O2S/c1-20(11-15-3-2-10-23-15)16(22)12-24-17-19-8-9-21(17)14-6-4-13(18)5-7-14/h2-10H,11-12H2,1H3. The van der Waals surface area contributed by atoms with Gasteiger partial charge in [0.05, 0.1) is 18.6 Å². The summed E-state index contributed by atoms with van der Waals surface area (Å²) in [6.45, 7) is 0.456. The summed E-state index contributed by atoms with van der Waals surface area (Å²) in [5.41, 5.74) is 0.954. The van der Waals surface area contributed by atoms with Crippen molar-refractivity contribution in [2.75, 3.05) is 12.8 Å². The maximum absolute atomic E-state index is 12.3. The van der Waals surface area contributed by atoms with Crippen LogP contribution < -0.4 is 0 Å². The highest BCUT2D eigenvalue weighted by Crippen LogP contribution is 2.22. The quantitative estimate of drug-likeness (QED) is 0.625. The van der Waals surface area contributed by atoms with Crippen LogP contribution in [0.1, 0.15) is 5.76 Å². The van der Waals surface area contributed by atoms with Crippen LogP contribution in [-0.4, -0.2) is 33.2 Å². The van der Waals surface area contributed by atoms with Crippen molar-refractivity contribution in [1.29, 1.82) is 0 Å². The smallest absolute Gasteiger partial charge is 0.233 e.